The number of carbonyl (C=O) groups excluding carboxylic acids is 1. The number of aromatic nitrogens is 2. The van der Waals surface area contributed by atoms with Crippen molar-refractivity contribution < 1.29 is 23.8 Å². The molecule has 7 nitrogen and oxygen atoms in total. The van der Waals surface area contributed by atoms with Crippen LogP contribution in [0.25, 0.3) is 0 Å². The number of halogens is 1. The second-order valence-corrected chi connectivity index (χ2v) is 7.20. The van der Waals surface area contributed by atoms with E-state index in [-0.39, 0.29) is 38.4 Å². The van der Waals surface area contributed by atoms with Crippen LogP contribution in [0.15, 0.2) is 42.6 Å². The summed E-state index contributed by atoms with van der Waals surface area (Å²) in [6, 6.07) is 11.2. The number of likely N-dealkylation sites (tertiary alicyclic amines) is 1. The SMILES string of the molecule is O=C(c1ccn(Cc2ccccc2)n1)N1C[C@@]2(F)CCOC[C@@]2(C(=O)O)C1. The lowest BCUT2D eigenvalue weighted by Gasteiger charge is -2.38. The van der Waals surface area contributed by atoms with E-state index in [4.69, 9.17) is 4.74 Å². The molecule has 142 valence electrons. The Morgan fingerprint density at radius 3 is 2.70 bits per heavy atom. The number of benzene rings is 1. The van der Waals surface area contributed by atoms with Crippen molar-refractivity contribution in [1.82, 2.24) is 14.7 Å². The van der Waals surface area contributed by atoms with Crippen molar-refractivity contribution in [3.8, 4) is 0 Å². The third-order valence-corrected chi connectivity index (χ3v) is 5.49. The van der Waals surface area contributed by atoms with Gasteiger partial charge in [-0.15, -0.1) is 0 Å². The summed E-state index contributed by atoms with van der Waals surface area (Å²) in [5, 5.41) is 13.9. The summed E-state index contributed by atoms with van der Waals surface area (Å²) in [7, 11) is 0. The van der Waals surface area contributed by atoms with Crippen LogP contribution in [0.1, 0.15) is 22.5 Å². The first-order valence-electron chi connectivity index (χ1n) is 8.80. The quantitative estimate of drug-likeness (QED) is 0.880. The number of hydrogen-bond acceptors (Lipinski definition) is 4. The van der Waals surface area contributed by atoms with E-state index in [2.05, 4.69) is 5.10 Å². The van der Waals surface area contributed by atoms with Gasteiger partial charge in [0.05, 0.1) is 19.7 Å². The molecule has 2 aliphatic heterocycles. The minimum absolute atomic E-state index is 0.0362. The molecule has 2 aromatic rings. The summed E-state index contributed by atoms with van der Waals surface area (Å²) in [5.74, 6) is -1.73. The molecule has 2 atom stereocenters. The van der Waals surface area contributed by atoms with Crippen molar-refractivity contribution in [3.63, 3.8) is 0 Å². The highest BCUT2D eigenvalue weighted by atomic mass is 19.1. The fourth-order valence-electron chi connectivity index (χ4n) is 3.91. The first-order valence-corrected chi connectivity index (χ1v) is 8.80. The molecule has 0 saturated carbocycles. The van der Waals surface area contributed by atoms with Gasteiger partial charge < -0.3 is 14.7 Å². The van der Waals surface area contributed by atoms with Gasteiger partial charge in [-0.2, -0.15) is 5.10 Å². The lowest BCUT2D eigenvalue weighted by molar-refractivity contribution is -0.171. The van der Waals surface area contributed by atoms with E-state index in [1.165, 1.54) is 4.90 Å². The van der Waals surface area contributed by atoms with E-state index in [1.54, 1.807) is 16.9 Å². The number of carbonyl (C=O) groups is 2. The van der Waals surface area contributed by atoms with Gasteiger partial charge in [0.2, 0.25) is 0 Å². The fraction of sp³-hybridized carbons (Fsp3) is 0.421. The number of hydrogen-bond donors (Lipinski definition) is 1. The number of ether oxygens (including phenoxy) is 1. The second-order valence-electron chi connectivity index (χ2n) is 7.20. The van der Waals surface area contributed by atoms with Gasteiger partial charge in [0.25, 0.3) is 5.91 Å². The molecule has 0 bridgehead atoms. The van der Waals surface area contributed by atoms with Crippen molar-refractivity contribution in [1.29, 1.82) is 0 Å². The predicted octanol–water partition coefficient (Wildman–Crippen LogP) is 1.59. The van der Waals surface area contributed by atoms with E-state index in [9.17, 15) is 14.7 Å². The molecular formula is C19H20FN3O4. The Morgan fingerprint density at radius 2 is 2.00 bits per heavy atom. The molecule has 8 heteroatoms. The summed E-state index contributed by atoms with van der Waals surface area (Å²) in [6.45, 7) is -0.0470. The predicted molar refractivity (Wildman–Crippen MR) is 93.0 cm³/mol. The maximum absolute atomic E-state index is 15.4. The molecule has 0 aliphatic carbocycles. The van der Waals surface area contributed by atoms with E-state index in [1.807, 2.05) is 30.3 Å². The molecule has 2 fully saturated rings. The maximum Gasteiger partial charge on any atom is 0.317 e. The van der Waals surface area contributed by atoms with E-state index < -0.39 is 23.0 Å². The number of fused-ring (bicyclic) bond motifs is 1. The molecule has 1 aromatic heterocycles. The zero-order valence-electron chi connectivity index (χ0n) is 14.7. The zero-order chi connectivity index (χ0) is 19.1. The van der Waals surface area contributed by atoms with Crippen molar-refractivity contribution in [2.45, 2.75) is 18.6 Å². The first-order chi connectivity index (χ1) is 12.9. The minimum atomic E-state index is -1.99. The van der Waals surface area contributed by atoms with Crippen LogP contribution in [0.4, 0.5) is 4.39 Å². The maximum atomic E-state index is 15.4. The number of aliphatic carboxylic acids is 1. The molecule has 1 N–H and O–H groups in total. The Balaban J connectivity index is 1.53. The second kappa shape index (κ2) is 6.45. The highest BCUT2D eigenvalue weighted by Gasteiger charge is 2.66. The Labute approximate surface area is 155 Å². The topological polar surface area (TPSA) is 84.7 Å². The van der Waals surface area contributed by atoms with Crippen LogP contribution < -0.4 is 0 Å². The van der Waals surface area contributed by atoms with Crippen LogP contribution in [-0.4, -0.2) is 63.6 Å². The van der Waals surface area contributed by atoms with Crippen LogP contribution in [-0.2, 0) is 16.1 Å². The molecular weight excluding hydrogens is 353 g/mol. The molecule has 4 rings (SSSR count). The number of carboxylic acids is 1. The zero-order valence-corrected chi connectivity index (χ0v) is 14.7. The summed E-state index contributed by atoms with van der Waals surface area (Å²) < 4.78 is 22.3. The number of carboxylic acid groups (broad SMARTS) is 1. The average Bonchev–Trinajstić information content (AvgIpc) is 3.24. The first kappa shape index (κ1) is 17.7. The van der Waals surface area contributed by atoms with Gasteiger partial charge in [-0.3, -0.25) is 14.3 Å². The molecule has 1 aromatic carbocycles. The lowest BCUT2D eigenvalue weighted by Crippen LogP contribution is -2.56. The van der Waals surface area contributed by atoms with Crippen LogP contribution in [0.2, 0.25) is 0 Å². The average molecular weight is 373 g/mol. The van der Waals surface area contributed by atoms with Gasteiger partial charge in [-0.05, 0) is 11.6 Å². The van der Waals surface area contributed by atoms with Crippen molar-refractivity contribution >= 4 is 11.9 Å². The third kappa shape index (κ3) is 2.90. The van der Waals surface area contributed by atoms with Gasteiger partial charge >= 0.3 is 5.97 Å². The van der Waals surface area contributed by atoms with Crippen LogP contribution in [0.3, 0.4) is 0 Å². The van der Waals surface area contributed by atoms with Gasteiger partial charge in [0, 0.05) is 25.8 Å². The van der Waals surface area contributed by atoms with Gasteiger partial charge in [-0.1, -0.05) is 30.3 Å². The molecule has 2 aliphatic rings. The van der Waals surface area contributed by atoms with Gasteiger partial charge in [-0.25, -0.2) is 4.39 Å². The molecule has 0 spiro atoms. The van der Waals surface area contributed by atoms with Crippen molar-refractivity contribution in [3.05, 3.63) is 53.9 Å². The summed E-state index contributed by atoms with van der Waals surface area (Å²) in [6.07, 6.45) is 1.65. The molecule has 27 heavy (non-hydrogen) atoms. The number of rotatable bonds is 4. The summed E-state index contributed by atoms with van der Waals surface area (Å²) in [5.41, 5.74) is -2.49. The number of nitrogens with zero attached hydrogens (tertiary/aromatic N) is 3. The van der Waals surface area contributed by atoms with Crippen LogP contribution in [0.5, 0.6) is 0 Å². The van der Waals surface area contributed by atoms with E-state index >= 15 is 4.39 Å². The highest BCUT2D eigenvalue weighted by Crippen LogP contribution is 2.48. The van der Waals surface area contributed by atoms with E-state index in [0.29, 0.717) is 6.54 Å². The van der Waals surface area contributed by atoms with Gasteiger partial charge in [0.15, 0.2) is 5.67 Å². The molecule has 0 unspecified atom stereocenters. The Hall–Kier alpha value is -2.74. The van der Waals surface area contributed by atoms with Crippen molar-refractivity contribution in [2.24, 2.45) is 5.41 Å². The van der Waals surface area contributed by atoms with Crippen LogP contribution >= 0.6 is 0 Å². The summed E-state index contributed by atoms with van der Waals surface area (Å²) >= 11 is 0. The number of amides is 1. The Kier molecular flexibility index (Phi) is 4.22. The lowest BCUT2D eigenvalue weighted by atomic mass is 9.73. The summed E-state index contributed by atoms with van der Waals surface area (Å²) in [4.78, 5) is 25.9. The highest BCUT2D eigenvalue weighted by molar-refractivity contribution is 5.93. The van der Waals surface area contributed by atoms with Gasteiger partial charge in [0.1, 0.15) is 11.1 Å². The Morgan fingerprint density at radius 1 is 1.22 bits per heavy atom. The minimum Gasteiger partial charge on any atom is -0.481 e. The fourth-order valence-corrected chi connectivity index (χ4v) is 3.91. The Bertz CT molecular complexity index is 871. The normalized spacial score (nSPS) is 27.4. The smallest absolute Gasteiger partial charge is 0.317 e. The monoisotopic (exact) mass is 373 g/mol. The largest absolute Gasteiger partial charge is 0.481 e. The standard InChI is InChI=1S/C19H20FN3O4/c20-19-7-9-27-13-18(19,17(25)26)11-22(12-19)16(24)15-6-8-23(21-15)10-14-4-2-1-3-5-14/h1-6,8H,7,9-13H2,(H,25,26)/t18-,19+/m1/s1. The van der Waals surface area contributed by atoms with Crippen molar-refractivity contribution in [2.75, 3.05) is 26.3 Å². The molecule has 2 saturated heterocycles. The van der Waals surface area contributed by atoms with E-state index in [0.717, 1.165) is 5.56 Å². The van der Waals surface area contributed by atoms with Crippen LogP contribution in [0, 0.1) is 5.41 Å². The molecule has 1 amide bonds. The molecule has 0 radical (unpaired) electrons. The molecule has 3 heterocycles. The number of alkyl halides is 1. The third-order valence-electron chi connectivity index (χ3n) is 5.49.